The number of hydrogen-bond donors (Lipinski definition) is 2. The fraction of sp³-hybridized carbons (Fsp3) is 0.286. The summed E-state index contributed by atoms with van der Waals surface area (Å²) in [5, 5.41) is 0. The zero-order valence-corrected chi connectivity index (χ0v) is 8.26. The maximum absolute atomic E-state index is 5.28. The Morgan fingerprint density at radius 1 is 1.83 bits per heavy atom. The molecule has 0 aliphatic carbocycles. The number of furan rings is 1. The standard InChI is InChI=1S/C7H10BrN3O/c1-2-10-7(11-9)5-3-4-12-6(5)8/h3-4H,2,9H2,1H3,(H,10,11). The number of nitrogens with one attached hydrogen (secondary N) is 1. The summed E-state index contributed by atoms with van der Waals surface area (Å²) in [6, 6.07) is 1.79. The summed E-state index contributed by atoms with van der Waals surface area (Å²) in [5.74, 6) is 5.90. The normalized spacial score (nSPS) is 11.8. The third-order valence-corrected chi connectivity index (χ3v) is 1.94. The van der Waals surface area contributed by atoms with Crippen LogP contribution in [-0.4, -0.2) is 12.4 Å². The maximum Gasteiger partial charge on any atom is 0.179 e. The fourth-order valence-electron chi connectivity index (χ4n) is 0.830. The fourth-order valence-corrected chi connectivity index (χ4v) is 1.26. The number of rotatable bonds is 2. The molecule has 0 atom stereocenters. The average Bonchev–Trinajstić information content (AvgIpc) is 2.47. The van der Waals surface area contributed by atoms with Gasteiger partial charge in [-0.05, 0) is 28.9 Å². The highest BCUT2D eigenvalue weighted by Crippen LogP contribution is 2.17. The molecule has 0 saturated heterocycles. The highest BCUT2D eigenvalue weighted by atomic mass is 79.9. The summed E-state index contributed by atoms with van der Waals surface area (Å²) in [5.41, 5.74) is 3.34. The molecule has 0 bridgehead atoms. The first-order valence-electron chi connectivity index (χ1n) is 3.54. The molecule has 0 spiro atoms. The Morgan fingerprint density at radius 3 is 3.00 bits per heavy atom. The van der Waals surface area contributed by atoms with Crippen LogP contribution < -0.4 is 11.3 Å². The largest absolute Gasteiger partial charge is 0.457 e. The van der Waals surface area contributed by atoms with Crippen molar-refractivity contribution in [1.82, 2.24) is 5.43 Å². The number of aliphatic imine (C=N–C) groups is 1. The Kier molecular flexibility index (Phi) is 3.31. The summed E-state index contributed by atoms with van der Waals surface area (Å²) in [6.45, 7) is 2.61. The number of hydrogen-bond acceptors (Lipinski definition) is 3. The van der Waals surface area contributed by atoms with Crippen molar-refractivity contribution in [2.24, 2.45) is 10.8 Å². The number of nitrogens with two attached hydrogens (primary N) is 1. The minimum Gasteiger partial charge on any atom is -0.457 e. The first-order valence-corrected chi connectivity index (χ1v) is 4.33. The molecule has 3 N–H and O–H groups in total. The Labute approximate surface area is 78.9 Å². The van der Waals surface area contributed by atoms with Crippen molar-refractivity contribution in [3.8, 4) is 0 Å². The second kappa shape index (κ2) is 4.27. The number of halogens is 1. The third-order valence-electron chi connectivity index (χ3n) is 1.33. The lowest BCUT2D eigenvalue weighted by Gasteiger charge is -2.01. The number of hydrazine groups is 1. The zero-order chi connectivity index (χ0) is 8.97. The van der Waals surface area contributed by atoms with Gasteiger partial charge in [-0.2, -0.15) is 0 Å². The Balaban J connectivity index is 2.95. The van der Waals surface area contributed by atoms with Gasteiger partial charge in [0.25, 0.3) is 0 Å². The van der Waals surface area contributed by atoms with Crippen LogP contribution in [0.4, 0.5) is 0 Å². The van der Waals surface area contributed by atoms with Crippen molar-refractivity contribution < 1.29 is 4.42 Å². The Hall–Kier alpha value is -0.810. The topological polar surface area (TPSA) is 63.5 Å². The van der Waals surface area contributed by atoms with E-state index < -0.39 is 0 Å². The molecule has 1 heterocycles. The molecule has 0 aliphatic heterocycles. The van der Waals surface area contributed by atoms with E-state index in [-0.39, 0.29) is 0 Å². The van der Waals surface area contributed by atoms with Gasteiger partial charge in [0.2, 0.25) is 0 Å². The molecule has 0 aromatic carbocycles. The van der Waals surface area contributed by atoms with Crippen LogP contribution >= 0.6 is 15.9 Å². The minimum absolute atomic E-state index is 0.623. The Bertz CT molecular complexity index is 282. The lowest BCUT2D eigenvalue weighted by Crippen LogP contribution is -2.31. The molecule has 0 radical (unpaired) electrons. The Morgan fingerprint density at radius 2 is 2.58 bits per heavy atom. The second-order valence-corrected chi connectivity index (χ2v) is 2.80. The summed E-state index contributed by atoms with van der Waals surface area (Å²) >= 11 is 3.23. The predicted octanol–water partition coefficient (Wildman–Crippen LogP) is 1.27. The van der Waals surface area contributed by atoms with Crippen molar-refractivity contribution >= 4 is 21.8 Å². The van der Waals surface area contributed by atoms with Gasteiger partial charge in [-0.15, -0.1) is 0 Å². The third kappa shape index (κ3) is 1.86. The lowest BCUT2D eigenvalue weighted by molar-refractivity contribution is 0.540. The highest BCUT2D eigenvalue weighted by Gasteiger charge is 2.07. The van der Waals surface area contributed by atoms with Crippen LogP contribution in [0.3, 0.4) is 0 Å². The van der Waals surface area contributed by atoms with Gasteiger partial charge in [0, 0.05) is 6.54 Å². The van der Waals surface area contributed by atoms with Crippen LogP contribution in [0.15, 0.2) is 26.4 Å². The minimum atomic E-state index is 0.623. The smallest absolute Gasteiger partial charge is 0.179 e. The number of nitrogens with zero attached hydrogens (tertiary/aromatic N) is 1. The van der Waals surface area contributed by atoms with E-state index in [1.165, 1.54) is 0 Å². The van der Waals surface area contributed by atoms with Crippen LogP contribution in [0.1, 0.15) is 12.5 Å². The van der Waals surface area contributed by atoms with Crippen LogP contribution in [0, 0.1) is 0 Å². The molecule has 1 aromatic rings. The molecule has 4 nitrogen and oxygen atoms in total. The van der Waals surface area contributed by atoms with Gasteiger partial charge in [-0.3, -0.25) is 4.99 Å². The van der Waals surface area contributed by atoms with E-state index in [4.69, 9.17) is 10.3 Å². The van der Waals surface area contributed by atoms with Gasteiger partial charge >= 0.3 is 0 Å². The van der Waals surface area contributed by atoms with Gasteiger partial charge in [0.05, 0.1) is 11.8 Å². The quantitative estimate of drug-likeness (QED) is 0.349. The molecule has 0 fully saturated rings. The summed E-state index contributed by atoms with van der Waals surface area (Å²) in [4.78, 5) is 4.14. The molecule has 1 rings (SSSR count). The molecule has 0 amide bonds. The van der Waals surface area contributed by atoms with E-state index >= 15 is 0 Å². The zero-order valence-electron chi connectivity index (χ0n) is 6.67. The SMILES string of the molecule is CCN=C(NN)c1ccoc1Br. The lowest BCUT2D eigenvalue weighted by atomic mass is 10.3. The van der Waals surface area contributed by atoms with Gasteiger partial charge in [-0.1, -0.05) is 0 Å². The monoisotopic (exact) mass is 231 g/mol. The van der Waals surface area contributed by atoms with Gasteiger partial charge in [-0.25, -0.2) is 5.84 Å². The van der Waals surface area contributed by atoms with E-state index in [0.29, 0.717) is 17.0 Å². The summed E-state index contributed by atoms with van der Waals surface area (Å²) < 4.78 is 5.67. The van der Waals surface area contributed by atoms with E-state index in [0.717, 1.165) is 5.56 Å². The van der Waals surface area contributed by atoms with Crippen molar-refractivity contribution in [2.45, 2.75) is 6.92 Å². The van der Waals surface area contributed by atoms with Crippen molar-refractivity contribution in [3.63, 3.8) is 0 Å². The van der Waals surface area contributed by atoms with E-state index in [1.807, 2.05) is 6.92 Å². The van der Waals surface area contributed by atoms with Crippen molar-refractivity contribution in [1.29, 1.82) is 0 Å². The van der Waals surface area contributed by atoms with Crippen LogP contribution in [0.5, 0.6) is 0 Å². The van der Waals surface area contributed by atoms with Gasteiger partial charge in [0.15, 0.2) is 4.67 Å². The molecule has 12 heavy (non-hydrogen) atoms. The molecule has 0 aliphatic rings. The first-order chi connectivity index (χ1) is 5.79. The average molecular weight is 232 g/mol. The van der Waals surface area contributed by atoms with E-state index in [1.54, 1.807) is 12.3 Å². The molecule has 5 heteroatoms. The molecular weight excluding hydrogens is 222 g/mol. The van der Waals surface area contributed by atoms with Crippen LogP contribution in [0.2, 0.25) is 0 Å². The second-order valence-electron chi connectivity index (χ2n) is 2.08. The molecular formula is C7H10BrN3O. The van der Waals surface area contributed by atoms with Crippen LogP contribution in [0.25, 0.3) is 0 Å². The van der Waals surface area contributed by atoms with Crippen LogP contribution in [-0.2, 0) is 0 Å². The summed E-state index contributed by atoms with van der Waals surface area (Å²) in [7, 11) is 0. The predicted molar refractivity (Wildman–Crippen MR) is 50.8 cm³/mol. The highest BCUT2D eigenvalue weighted by molar-refractivity contribution is 9.10. The van der Waals surface area contributed by atoms with Gasteiger partial charge < -0.3 is 9.84 Å². The van der Waals surface area contributed by atoms with E-state index in [9.17, 15) is 0 Å². The van der Waals surface area contributed by atoms with Crippen molar-refractivity contribution in [3.05, 3.63) is 22.6 Å². The summed E-state index contributed by atoms with van der Waals surface area (Å²) in [6.07, 6.45) is 1.57. The molecule has 66 valence electrons. The van der Waals surface area contributed by atoms with Crippen molar-refractivity contribution in [2.75, 3.05) is 6.54 Å². The molecule has 0 unspecified atom stereocenters. The number of amidine groups is 1. The molecule has 1 aromatic heterocycles. The van der Waals surface area contributed by atoms with E-state index in [2.05, 4.69) is 26.3 Å². The molecule has 0 saturated carbocycles. The van der Waals surface area contributed by atoms with Gasteiger partial charge in [0.1, 0.15) is 5.84 Å². The first kappa shape index (κ1) is 9.28. The maximum atomic E-state index is 5.28.